The number of nitrogens with one attached hydrogen (secondary N) is 1. The Morgan fingerprint density at radius 2 is 2.11 bits per heavy atom. The van der Waals surface area contributed by atoms with Gasteiger partial charge in [-0.2, -0.15) is 0 Å². The molecule has 0 atom stereocenters. The molecule has 1 aromatic heterocycles. The molecule has 2 rings (SSSR count). The maximum Gasteiger partial charge on any atom is 0.125 e. The lowest BCUT2D eigenvalue weighted by Crippen LogP contribution is -2.01. The third-order valence-electron chi connectivity index (χ3n) is 2.73. The zero-order valence-corrected chi connectivity index (χ0v) is 11.9. The van der Waals surface area contributed by atoms with Crippen LogP contribution in [0.15, 0.2) is 36.5 Å². The molecule has 0 saturated heterocycles. The summed E-state index contributed by atoms with van der Waals surface area (Å²) in [7, 11) is 0. The Kier molecular flexibility index (Phi) is 4.63. The van der Waals surface area contributed by atoms with E-state index < -0.39 is 0 Å². The van der Waals surface area contributed by atoms with Gasteiger partial charge in [-0.3, -0.25) is 0 Å². The van der Waals surface area contributed by atoms with Crippen molar-refractivity contribution in [2.75, 3.05) is 11.9 Å². The van der Waals surface area contributed by atoms with Crippen LogP contribution in [0.1, 0.15) is 18.1 Å². The highest BCUT2D eigenvalue weighted by Crippen LogP contribution is 2.23. The summed E-state index contributed by atoms with van der Waals surface area (Å²) < 4.78 is 5.76. The first-order valence-electron chi connectivity index (χ1n) is 6.27. The third kappa shape index (κ3) is 3.86. The molecule has 19 heavy (non-hydrogen) atoms. The second-order valence-corrected chi connectivity index (χ2v) is 4.72. The monoisotopic (exact) mass is 276 g/mol. The van der Waals surface area contributed by atoms with Crippen LogP contribution in [0.5, 0.6) is 5.75 Å². The summed E-state index contributed by atoms with van der Waals surface area (Å²) in [5.41, 5.74) is 2.10. The van der Waals surface area contributed by atoms with Crippen molar-refractivity contribution in [3.05, 3.63) is 52.7 Å². The van der Waals surface area contributed by atoms with Gasteiger partial charge in [-0.05, 0) is 37.6 Å². The summed E-state index contributed by atoms with van der Waals surface area (Å²) in [6.45, 7) is 5.39. The average molecular weight is 277 g/mol. The summed E-state index contributed by atoms with van der Waals surface area (Å²) in [4.78, 5) is 4.30. The summed E-state index contributed by atoms with van der Waals surface area (Å²) >= 11 is 5.95. The van der Waals surface area contributed by atoms with Gasteiger partial charge < -0.3 is 10.1 Å². The fourth-order valence-corrected chi connectivity index (χ4v) is 1.85. The first kappa shape index (κ1) is 13.7. The van der Waals surface area contributed by atoms with Gasteiger partial charge in [0.2, 0.25) is 0 Å². The molecule has 0 aliphatic heterocycles. The zero-order valence-electron chi connectivity index (χ0n) is 11.1. The van der Waals surface area contributed by atoms with Gasteiger partial charge in [0, 0.05) is 23.3 Å². The molecule has 100 valence electrons. The number of halogens is 1. The fourth-order valence-electron chi connectivity index (χ4n) is 1.69. The third-order valence-corrected chi connectivity index (χ3v) is 2.96. The molecule has 1 aromatic carbocycles. The van der Waals surface area contributed by atoms with Crippen LogP contribution >= 0.6 is 11.6 Å². The second-order valence-electron chi connectivity index (χ2n) is 4.28. The van der Waals surface area contributed by atoms with Crippen LogP contribution in [-0.2, 0) is 6.61 Å². The number of benzene rings is 1. The van der Waals surface area contributed by atoms with Crippen molar-refractivity contribution >= 4 is 17.4 Å². The largest absolute Gasteiger partial charge is 0.489 e. The number of aryl methyl sites for hydroxylation is 1. The van der Waals surface area contributed by atoms with Crippen molar-refractivity contribution < 1.29 is 4.74 Å². The second kappa shape index (κ2) is 6.43. The molecule has 3 nitrogen and oxygen atoms in total. The summed E-state index contributed by atoms with van der Waals surface area (Å²) in [5, 5.41) is 3.84. The minimum Gasteiger partial charge on any atom is -0.489 e. The van der Waals surface area contributed by atoms with Gasteiger partial charge in [0.1, 0.15) is 18.2 Å². The van der Waals surface area contributed by atoms with E-state index in [2.05, 4.69) is 10.3 Å². The van der Waals surface area contributed by atoms with Crippen LogP contribution < -0.4 is 10.1 Å². The van der Waals surface area contributed by atoms with Gasteiger partial charge in [-0.1, -0.05) is 23.7 Å². The number of ether oxygens (including phenoxy) is 1. The standard InChI is InChI=1S/C15H17ClN2O/c1-3-17-15-7-5-12(9-18-15)10-19-14-8-13(16)6-4-11(14)2/h4-9H,3,10H2,1-2H3,(H,17,18). The number of hydrogen-bond donors (Lipinski definition) is 1. The quantitative estimate of drug-likeness (QED) is 0.894. The Labute approximate surface area is 118 Å². The number of hydrogen-bond acceptors (Lipinski definition) is 3. The number of aromatic nitrogens is 1. The first-order valence-corrected chi connectivity index (χ1v) is 6.64. The van der Waals surface area contributed by atoms with Crippen LogP contribution in [0.4, 0.5) is 5.82 Å². The van der Waals surface area contributed by atoms with E-state index in [1.807, 2.05) is 50.4 Å². The maximum absolute atomic E-state index is 5.95. The fraction of sp³-hybridized carbons (Fsp3) is 0.267. The molecule has 0 aliphatic carbocycles. The van der Waals surface area contributed by atoms with E-state index in [1.165, 1.54) is 0 Å². The molecule has 0 bridgehead atoms. The summed E-state index contributed by atoms with van der Waals surface area (Å²) in [5.74, 6) is 1.69. The lowest BCUT2D eigenvalue weighted by molar-refractivity contribution is 0.303. The number of anilines is 1. The van der Waals surface area contributed by atoms with Crippen molar-refractivity contribution in [2.24, 2.45) is 0 Å². The predicted octanol–water partition coefficient (Wildman–Crippen LogP) is 4.05. The Morgan fingerprint density at radius 1 is 1.26 bits per heavy atom. The summed E-state index contributed by atoms with van der Waals surface area (Å²) in [6, 6.07) is 9.59. The highest BCUT2D eigenvalue weighted by molar-refractivity contribution is 6.30. The molecule has 0 spiro atoms. The van der Waals surface area contributed by atoms with E-state index in [1.54, 1.807) is 0 Å². The van der Waals surface area contributed by atoms with Gasteiger partial charge in [-0.15, -0.1) is 0 Å². The van der Waals surface area contributed by atoms with Crippen molar-refractivity contribution in [3.63, 3.8) is 0 Å². The van der Waals surface area contributed by atoms with Crippen molar-refractivity contribution in [2.45, 2.75) is 20.5 Å². The lowest BCUT2D eigenvalue weighted by Gasteiger charge is -2.10. The maximum atomic E-state index is 5.95. The Hall–Kier alpha value is -1.74. The van der Waals surface area contributed by atoms with Crippen molar-refractivity contribution in [3.8, 4) is 5.75 Å². The van der Waals surface area contributed by atoms with E-state index in [0.717, 1.165) is 29.2 Å². The van der Waals surface area contributed by atoms with E-state index in [4.69, 9.17) is 16.3 Å². The Bertz CT molecular complexity index is 540. The van der Waals surface area contributed by atoms with Gasteiger partial charge in [0.15, 0.2) is 0 Å². The number of rotatable bonds is 5. The molecule has 1 heterocycles. The molecule has 0 fully saturated rings. The summed E-state index contributed by atoms with van der Waals surface area (Å²) in [6.07, 6.45) is 1.82. The molecular weight excluding hydrogens is 260 g/mol. The predicted molar refractivity (Wildman–Crippen MR) is 78.9 cm³/mol. The highest BCUT2D eigenvalue weighted by atomic mass is 35.5. The molecular formula is C15H17ClN2O. The van der Waals surface area contributed by atoms with Gasteiger partial charge in [-0.25, -0.2) is 4.98 Å². The SMILES string of the molecule is CCNc1ccc(COc2cc(Cl)ccc2C)cn1. The van der Waals surface area contributed by atoms with Crippen molar-refractivity contribution in [1.29, 1.82) is 0 Å². The first-order chi connectivity index (χ1) is 9.19. The van der Waals surface area contributed by atoms with E-state index in [-0.39, 0.29) is 0 Å². The van der Waals surface area contributed by atoms with Crippen LogP contribution in [-0.4, -0.2) is 11.5 Å². The van der Waals surface area contributed by atoms with Gasteiger partial charge in [0.25, 0.3) is 0 Å². The zero-order chi connectivity index (χ0) is 13.7. The lowest BCUT2D eigenvalue weighted by atomic mass is 10.2. The molecule has 0 unspecified atom stereocenters. The minimum absolute atomic E-state index is 0.487. The molecule has 0 aliphatic rings. The molecule has 0 amide bonds. The molecule has 4 heteroatoms. The smallest absolute Gasteiger partial charge is 0.125 e. The number of pyridine rings is 1. The Balaban J connectivity index is 2.00. The highest BCUT2D eigenvalue weighted by Gasteiger charge is 2.02. The van der Waals surface area contributed by atoms with Crippen LogP contribution in [0.3, 0.4) is 0 Å². The van der Waals surface area contributed by atoms with Crippen LogP contribution in [0.25, 0.3) is 0 Å². The van der Waals surface area contributed by atoms with E-state index >= 15 is 0 Å². The molecule has 1 N–H and O–H groups in total. The molecule has 2 aromatic rings. The minimum atomic E-state index is 0.487. The van der Waals surface area contributed by atoms with Gasteiger partial charge in [0.05, 0.1) is 0 Å². The van der Waals surface area contributed by atoms with E-state index in [0.29, 0.717) is 11.6 Å². The average Bonchev–Trinajstić information content (AvgIpc) is 2.42. The normalized spacial score (nSPS) is 10.3. The van der Waals surface area contributed by atoms with Gasteiger partial charge >= 0.3 is 0 Å². The molecule has 0 saturated carbocycles. The number of nitrogens with zero attached hydrogens (tertiary/aromatic N) is 1. The Morgan fingerprint density at radius 3 is 2.79 bits per heavy atom. The molecule has 0 radical (unpaired) electrons. The van der Waals surface area contributed by atoms with Crippen molar-refractivity contribution in [1.82, 2.24) is 4.98 Å². The van der Waals surface area contributed by atoms with Crippen LogP contribution in [0, 0.1) is 6.92 Å². The van der Waals surface area contributed by atoms with Crippen LogP contribution in [0.2, 0.25) is 5.02 Å². The van der Waals surface area contributed by atoms with E-state index in [9.17, 15) is 0 Å². The topological polar surface area (TPSA) is 34.1 Å².